The van der Waals surface area contributed by atoms with Gasteiger partial charge in [0.05, 0.1) is 12.2 Å². The van der Waals surface area contributed by atoms with Crippen LogP contribution in [0.3, 0.4) is 0 Å². The summed E-state index contributed by atoms with van der Waals surface area (Å²) in [6.45, 7) is 19.0. The van der Waals surface area contributed by atoms with Gasteiger partial charge in [-0.3, -0.25) is 14.3 Å². The van der Waals surface area contributed by atoms with Crippen molar-refractivity contribution in [3.63, 3.8) is 0 Å². The summed E-state index contributed by atoms with van der Waals surface area (Å²) in [6.07, 6.45) is -0.480. The summed E-state index contributed by atoms with van der Waals surface area (Å²) in [6, 6.07) is 0.294. The summed E-state index contributed by atoms with van der Waals surface area (Å²) >= 11 is 0. The molecule has 0 radical (unpaired) electrons. The molecule has 1 aromatic heterocycles. The summed E-state index contributed by atoms with van der Waals surface area (Å²) in [7, 11) is -1.50. The first-order chi connectivity index (χ1) is 14.6. The number of aromatic nitrogens is 2. The fraction of sp³-hybridized carbons (Fsp3) is 0.750. The topological polar surface area (TPSA) is 90.2 Å². The van der Waals surface area contributed by atoms with Gasteiger partial charge in [0, 0.05) is 31.6 Å². The summed E-state index contributed by atoms with van der Waals surface area (Å²) in [5, 5.41) is 0. The number of hydrogen-bond donors (Lipinski definition) is 1. The normalized spacial score (nSPS) is 24.3. The number of ether oxygens (including phenoxy) is 1. The third kappa shape index (κ3) is 5.99. The van der Waals surface area contributed by atoms with E-state index in [9.17, 15) is 9.59 Å². The van der Waals surface area contributed by atoms with Crippen LogP contribution in [-0.2, 0) is 13.8 Å². The van der Waals surface area contributed by atoms with E-state index in [0.717, 1.165) is 0 Å². The SMILES string of the molecule is [2H]C(C)[C@H]1O[C@@H](n2cc(C)c(=O)[nH]c2=O)C[C@@H]1OP(OCC[N+]#[C-])N(C(C)C)C(C)C. The van der Waals surface area contributed by atoms with Crippen LogP contribution in [-0.4, -0.2) is 51.7 Å². The smallest absolute Gasteiger partial charge is 0.330 e. The molecule has 9 nitrogen and oxygen atoms in total. The second-order valence-electron chi connectivity index (χ2n) is 7.77. The molecule has 1 N–H and O–H groups in total. The minimum Gasteiger partial charge on any atom is -0.352 e. The van der Waals surface area contributed by atoms with Gasteiger partial charge in [-0.05, 0) is 41.0 Å². The Hall–Kier alpha value is -1.56. The van der Waals surface area contributed by atoms with Gasteiger partial charge in [0.15, 0.2) is 0 Å². The zero-order valence-corrected chi connectivity index (χ0v) is 19.4. The third-order valence-corrected chi connectivity index (χ3v) is 6.93. The molecule has 30 heavy (non-hydrogen) atoms. The number of rotatable bonds is 10. The maximum absolute atomic E-state index is 12.3. The van der Waals surface area contributed by atoms with Crippen LogP contribution in [0.25, 0.3) is 4.85 Å². The molecule has 5 atom stereocenters. The second-order valence-corrected chi connectivity index (χ2v) is 9.17. The quantitative estimate of drug-likeness (QED) is 0.341. The maximum atomic E-state index is 12.3. The van der Waals surface area contributed by atoms with Crippen LogP contribution in [0, 0.1) is 13.5 Å². The zero-order valence-electron chi connectivity index (χ0n) is 19.5. The lowest BCUT2D eigenvalue weighted by atomic mass is 10.1. The Morgan fingerprint density at radius 1 is 1.43 bits per heavy atom. The van der Waals surface area contributed by atoms with Gasteiger partial charge in [-0.2, -0.15) is 0 Å². The van der Waals surface area contributed by atoms with Crippen LogP contribution >= 0.6 is 8.53 Å². The number of nitrogens with zero attached hydrogens (tertiary/aromatic N) is 3. The fourth-order valence-electron chi connectivity index (χ4n) is 3.44. The average Bonchev–Trinajstić information content (AvgIpc) is 3.08. The highest BCUT2D eigenvalue weighted by molar-refractivity contribution is 7.44. The molecule has 0 aliphatic carbocycles. The molecule has 0 aromatic carbocycles. The lowest BCUT2D eigenvalue weighted by Gasteiger charge is -2.37. The Labute approximate surface area is 180 Å². The predicted octanol–water partition coefficient (Wildman–Crippen LogP) is 3.21. The van der Waals surface area contributed by atoms with Crippen molar-refractivity contribution in [1.29, 1.82) is 0 Å². The van der Waals surface area contributed by atoms with Crippen molar-refractivity contribution in [1.82, 2.24) is 14.2 Å². The Bertz CT molecular complexity index is 874. The summed E-state index contributed by atoms with van der Waals surface area (Å²) in [5.41, 5.74) is -0.587. The standard InChI is InChI=1S/C20H33N4O5P/c1-8-16-17(11-18(28-16)23-12-15(6)19(25)22-20(23)26)29-30(27-10-9-21-7)24(13(2)3)14(4)5/h12-14,16-18H,8-11H2,1-6H3,(H,22,25,26)/t16-,17+,18-,30?/m1/s1/i8D/t8?,16-,17+,18-,30?. The molecule has 2 rings (SSSR count). The van der Waals surface area contributed by atoms with E-state index in [2.05, 4.69) is 42.2 Å². The third-order valence-electron chi connectivity index (χ3n) is 4.78. The van der Waals surface area contributed by atoms with Gasteiger partial charge in [0.25, 0.3) is 14.1 Å². The first-order valence-electron chi connectivity index (χ1n) is 10.8. The number of nitrogens with one attached hydrogen (secondary N) is 1. The van der Waals surface area contributed by atoms with Crippen LogP contribution in [0.15, 0.2) is 15.8 Å². The molecule has 1 aromatic rings. The number of aryl methyl sites for hydroxylation is 1. The first kappa shape index (κ1) is 23.1. The Morgan fingerprint density at radius 2 is 2.10 bits per heavy atom. The van der Waals surface area contributed by atoms with E-state index in [1.165, 1.54) is 10.8 Å². The molecule has 1 aliphatic heterocycles. The van der Waals surface area contributed by atoms with Crippen molar-refractivity contribution in [3.8, 4) is 0 Å². The van der Waals surface area contributed by atoms with E-state index in [1.54, 1.807) is 13.8 Å². The molecule has 1 aliphatic rings. The summed E-state index contributed by atoms with van der Waals surface area (Å²) < 4.78 is 30.1. The molecule has 1 fully saturated rings. The molecule has 10 heteroatoms. The zero-order chi connectivity index (χ0) is 23.3. The molecule has 0 saturated carbocycles. The molecule has 0 spiro atoms. The van der Waals surface area contributed by atoms with Crippen molar-refractivity contribution in [2.45, 2.75) is 84.9 Å². The fourth-order valence-corrected chi connectivity index (χ4v) is 5.17. The van der Waals surface area contributed by atoms with Gasteiger partial charge >= 0.3 is 5.69 Å². The van der Waals surface area contributed by atoms with E-state index in [0.29, 0.717) is 12.0 Å². The molecular weight excluding hydrogens is 407 g/mol. The lowest BCUT2D eigenvalue weighted by Crippen LogP contribution is -2.36. The van der Waals surface area contributed by atoms with Gasteiger partial charge in [-0.1, -0.05) is 6.92 Å². The van der Waals surface area contributed by atoms with E-state index in [-0.39, 0.29) is 25.2 Å². The van der Waals surface area contributed by atoms with E-state index < -0.39 is 44.6 Å². The molecule has 0 amide bonds. The second kappa shape index (κ2) is 11.2. The molecule has 2 heterocycles. The van der Waals surface area contributed by atoms with E-state index in [4.69, 9.17) is 21.7 Å². The Balaban J connectivity index is 2.30. The van der Waals surface area contributed by atoms with Gasteiger partial charge in [0.2, 0.25) is 6.54 Å². The number of aromatic amines is 1. The van der Waals surface area contributed by atoms with E-state index >= 15 is 0 Å². The van der Waals surface area contributed by atoms with Crippen molar-refractivity contribution < 1.29 is 15.2 Å². The van der Waals surface area contributed by atoms with Gasteiger partial charge in [-0.25, -0.2) is 16.0 Å². The Kier molecular flexibility index (Phi) is 8.61. The molecular formula is C20H33N4O5P. The van der Waals surface area contributed by atoms with Crippen molar-refractivity contribution >= 4 is 8.53 Å². The molecule has 2 unspecified atom stereocenters. The predicted molar refractivity (Wildman–Crippen MR) is 116 cm³/mol. The molecule has 168 valence electrons. The first-order valence-corrected chi connectivity index (χ1v) is 11.3. The van der Waals surface area contributed by atoms with Crippen molar-refractivity contribution in [3.05, 3.63) is 44.0 Å². The summed E-state index contributed by atoms with van der Waals surface area (Å²) in [5.74, 6) is 0. The van der Waals surface area contributed by atoms with Crippen molar-refractivity contribution in [2.24, 2.45) is 0 Å². The monoisotopic (exact) mass is 441 g/mol. The summed E-state index contributed by atoms with van der Waals surface area (Å²) in [4.78, 5) is 29.7. The van der Waals surface area contributed by atoms with Crippen molar-refractivity contribution in [2.75, 3.05) is 13.2 Å². The van der Waals surface area contributed by atoms with Crippen LogP contribution in [0.4, 0.5) is 0 Å². The van der Waals surface area contributed by atoms with E-state index in [1.807, 2.05) is 0 Å². The highest BCUT2D eigenvalue weighted by atomic mass is 31.2. The van der Waals surface area contributed by atoms with Gasteiger partial charge in [0.1, 0.15) is 12.8 Å². The minimum atomic E-state index is -1.50. The minimum absolute atomic E-state index is 0.147. The number of H-pyrrole nitrogens is 1. The maximum Gasteiger partial charge on any atom is 0.330 e. The average molecular weight is 441 g/mol. The van der Waals surface area contributed by atoms with Gasteiger partial charge < -0.3 is 18.6 Å². The molecule has 0 bridgehead atoms. The van der Waals surface area contributed by atoms with Gasteiger partial charge in [-0.15, -0.1) is 0 Å². The largest absolute Gasteiger partial charge is 0.352 e. The van der Waals surface area contributed by atoms with Crippen LogP contribution in [0.5, 0.6) is 0 Å². The Morgan fingerprint density at radius 3 is 2.67 bits per heavy atom. The molecule has 1 saturated heterocycles. The van der Waals surface area contributed by atoms with Crippen LogP contribution < -0.4 is 11.2 Å². The van der Waals surface area contributed by atoms with Crippen LogP contribution in [0.2, 0.25) is 0 Å². The van der Waals surface area contributed by atoms with Crippen LogP contribution in [0.1, 0.15) is 60.6 Å². The highest BCUT2D eigenvalue weighted by Gasteiger charge is 2.40. The lowest BCUT2D eigenvalue weighted by molar-refractivity contribution is -0.0201. The number of hydrogen-bond acceptors (Lipinski definition) is 6. The highest BCUT2D eigenvalue weighted by Crippen LogP contribution is 2.50.